The maximum Gasteiger partial charge on any atom is 0 e. The van der Waals surface area contributed by atoms with Crippen molar-refractivity contribution in [1.29, 1.82) is 0 Å². The molecule has 0 saturated carbocycles. The summed E-state index contributed by atoms with van der Waals surface area (Å²) >= 11 is 0. The first-order chi connectivity index (χ1) is 0. The van der Waals surface area contributed by atoms with Crippen molar-refractivity contribution in [2.24, 2.45) is 0 Å². The zero-order valence-corrected chi connectivity index (χ0v) is 4.68. The summed E-state index contributed by atoms with van der Waals surface area (Å²) in [6.45, 7) is 0. The minimum Gasteiger partial charge on any atom is 0 e. The molecule has 0 amide bonds. The molecule has 0 fully saturated rings. The van der Waals surface area contributed by atoms with Crippen LogP contribution >= 0.6 is 0 Å². The van der Waals surface area contributed by atoms with Crippen LogP contribution in [-0.4, -0.2) is 35.2 Å². The molecule has 0 atom stereocenters. The van der Waals surface area contributed by atoms with Crippen molar-refractivity contribution in [3.05, 3.63) is 0 Å². The Hall–Kier alpha value is 2.64. The first kappa shape index (κ1) is 48.3. The smallest absolute Gasteiger partial charge is 0 e. The van der Waals surface area contributed by atoms with Gasteiger partial charge in [0, 0.05) is 51.2 Å². The summed E-state index contributed by atoms with van der Waals surface area (Å²) in [5.74, 6) is 0. The predicted octanol–water partition coefficient (Wildman–Crippen LogP) is -2.91. The Bertz CT molecular complexity index is 4.85. The van der Waals surface area contributed by atoms with Crippen molar-refractivity contribution >= 4 is 35.2 Å². The van der Waals surface area contributed by atoms with Gasteiger partial charge in [0.1, 0.15) is 0 Å². The molecule has 0 aliphatic carbocycles. The van der Waals surface area contributed by atoms with Gasteiger partial charge in [-0.2, -0.15) is 0 Å². The van der Waals surface area contributed by atoms with Gasteiger partial charge in [-0.15, -0.1) is 0 Å². The Balaban J connectivity index is 0. The molecule has 0 N–H and O–H groups in total. The van der Waals surface area contributed by atoms with E-state index in [1.165, 1.54) is 0 Å². The van der Waals surface area contributed by atoms with E-state index in [0.717, 1.165) is 0 Å². The minimum absolute atomic E-state index is 0. The Kier molecular flexibility index (Phi) is 292. The van der Waals surface area contributed by atoms with Gasteiger partial charge in [0.25, 0.3) is 0 Å². The van der Waals surface area contributed by atoms with Crippen LogP contribution in [0.2, 0.25) is 0 Å². The largest absolute Gasteiger partial charge is 0 e. The molecule has 0 aliphatic rings. The SMILES string of the molecule is [GeH4].[GeH4].[Mn].[Mn].[Mn]. The summed E-state index contributed by atoms with van der Waals surface area (Å²) in [6.07, 6.45) is 0. The van der Waals surface area contributed by atoms with Crippen LogP contribution in [0.25, 0.3) is 0 Å². The Morgan fingerprint density at radius 3 is 0.400 bits per heavy atom. The van der Waals surface area contributed by atoms with E-state index in [9.17, 15) is 0 Å². The summed E-state index contributed by atoms with van der Waals surface area (Å²) in [4.78, 5) is 0. The summed E-state index contributed by atoms with van der Waals surface area (Å²) in [5.41, 5.74) is 0. The molecule has 3 radical (unpaired) electrons. The second kappa shape index (κ2) is 30.3. The van der Waals surface area contributed by atoms with Crippen LogP contribution in [0.15, 0.2) is 0 Å². The van der Waals surface area contributed by atoms with Crippen LogP contribution in [0.4, 0.5) is 0 Å². The maximum atomic E-state index is 0. The standard InChI is InChI=1S/2GeH4.3Mn/h2*1H4;;;. The fourth-order valence-corrected chi connectivity index (χ4v) is 0. The van der Waals surface area contributed by atoms with Crippen molar-refractivity contribution in [3.63, 3.8) is 0 Å². The third-order valence-electron chi connectivity index (χ3n) is 0. The van der Waals surface area contributed by atoms with Gasteiger partial charge in [-0.25, -0.2) is 0 Å². The van der Waals surface area contributed by atoms with Gasteiger partial charge in [-0.1, -0.05) is 0 Å². The second-order valence-electron chi connectivity index (χ2n) is 0. The van der Waals surface area contributed by atoms with Gasteiger partial charge in [-0.05, 0) is 0 Å². The van der Waals surface area contributed by atoms with E-state index in [-0.39, 0.29) is 86.4 Å². The van der Waals surface area contributed by atoms with E-state index >= 15 is 0 Å². The number of rotatable bonds is 0. The number of hydrogen-bond acceptors (Lipinski definition) is 0. The molecule has 0 rings (SSSR count). The van der Waals surface area contributed by atoms with E-state index in [0.29, 0.717) is 0 Å². The molecule has 5 heavy (non-hydrogen) atoms. The van der Waals surface area contributed by atoms with Gasteiger partial charge in [0.15, 0.2) is 0 Å². The van der Waals surface area contributed by atoms with Crippen LogP contribution in [0.1, 0.15) is 0 Å². The van der Waals surface area contributed by atoms with Crippen molar-refractivity contribution < 1.29 is 51.2 Å². The number of hydrogen-bond donors (Lipinski definition) is 0. The minimum atomic E-state index is 0. The van der Waals surface area contributed by atoms with E-state index < -0.39 is 0 Å². The molecular formula is H8Ge2Mn3. The fourth-order valence-electron chi connectivity index (χ4n) is 0. The Morgan fingerprint density at radius 2 is 0.400 bits per heavy atom. The van der Waals surface area contributed by atoms with Gasteiger partial charge >= 0.3 is 35.2 Å². The first-order valence-electron chi connectivity index (χ1n) is 0. The molecule has 0 nitrogen and oxygen atoms in total. The zero-order chi connectivity index (χ0) is 0. The molecule has 0 saturated heterocycles. The molecule has 0 heterocycles. The third-order valence-corrected chi connectivity index (χ3v) is 0. The monoisotopic (exact) mass is 321 g/mol. The van der Waals surface area contributed by atoms with E-state index in [4.69, 9.17) is 0 Å². The molecule has 0 aliphatic heterocycles. The fraction of sp³-hybridized carbons (Fsp3) is 0. The molecule has 0 aromatic heterocycles. The molecular weight excluding hydrogens is 310 g/mol. The van der Waals surface area contributed by atoms with Gasteiger partial charge in [-0.3, -0.25) is 0 Å². The summed E-state index contributed by atoms with van der Waals surface area (Å²) in [6, 6.07) is 0. The van der Waals surface area contributed by atoms with Crippen LogP contribution < -0.4 is 0 Å². The molecule has 5 heteroatoms. The van der Waals surface area contributed by atoms with Gasteiger partial charge in [0.05, 0.1) is 0 Å². The van der Waals surface area contributed by atoms with Gasteiger partial charge < -0.3 is 0 Å². The van der Waals surface area contributed by atoms with Crippen molar-refractivity contribution in [1.82, 2.24) is 0 Å². The summed E-state index contributed by atoms with van der Waals surface area (Å²) < 4.78 is 0. The van der Waals surface area contributed by atoms with Crippen molar-refractivity contribution in [3.8, 4) is 0 Å². The van der Waals surface area contributed by atoms with Gasteiger partial charge in [0.2, 0.25) is 0 Å². The van der Waals surface area contributed by atoms with Crippen molar-refractivity contribution in [2.45, 2.75) is 0 Å². The first-order valence-corrected chi connectivity index (χ1v) is 0. The Morgan fingerprint density at radius 1 is 0.400 bits per heavy atom. The molecule has 0 aromatic rings. The summed E-state index contributed by atoms with van der Waals surface area (Å²) in [5, 5.41) is 0. The van der Waals surface area contributed by atoms with E-state index in [1.807, 2.05) is 0 Å². The van der Waals surface area contributed by atoms with Crippen LogP contribution in [-0.2, 0) is 51.2 Å². The van der Waals surface area contributed by atoms with E-state index in [1.54, 1.807) is 0 Å². The van der Waals surface area contributed by atoms with Crippen LogP contribution in [0.3, 0.4) is 0 Å². The van der Waals surface area contributed by atoms with Crippen LogP contribution in [0.5, 0.6) is 0 Å². The Labute approximate surface area is 85.4 Å². The average Bonchev–Trinajstić information content (AvgIpc) is 0. The topological polar surface area (TPSA) is 0 Å². The molecule has 0 bridgehead atoms. The second-order valence-corrected chi connectivity index (χ2v) is 0. The average molecular weight is 318 g/mol. The molecule has 0 aromatic carbocycles. The zero-order valence-electron chi connectivity index (χ0n) is 1.13. The molecule has 0 spiro atoms. The predicted molar refractivity (Wildman–Crippen MR) is 22.7 cm³/mol. The molecule has 37 valence electrons. The van der Waals surface area contributed by atoms with Crippen molar-refractivity contribution in [2.75, 3.05) is 0 Å². The van der Waals surface area contributed by atoms with E-state index in [2.05, 4.69) is 0 Å². The summed E-state index contributed by atoms with van der Waals surface area (Å²) in [7, 11) is 0. The maximum absolute atomic E-state index is 0. The molecule has 0 unspecified atom stereocenters. The quantitative estimate of drug-likeness (QED) is 0.420. The van der Waals surface area contributed by atoms with Crippen LogP contribution in [0, 0.1) is 0 Å². The third kappa shape index (κ3) is 20.5. The normalized spacial score (nSPS) is 0.